The summed E-state index contributed by atoms with van der Waals surface area (Å²) in [5.74, 6) is 0.108. The molecule has 1 atom stereocenters. The van der Waals surface area contributed by atoms with Crippen LogP contribution in [0.1, 0.15) is 22.8 Å². The minimum atomic E-state index is 0.0984. The summed E-state index contributed by atoms with van der Waals surface area (Å²) in [6.45, 7) is 7.09. The Morgan fingerprint density at radius 1 is 1.30 bits per heavy atom. The smallest absolute Gasteiger partial charge is 0.253 e. The maximum Gasteiger partial charge on any atom is 0.253 e. The fraction of sp³-hybridized carbons (Fsp3) is 0.467. The molecule has 0 aliphatic carbocycles. The molecule has 0 saturated carbocycles. The number of carbonyl (C=O) groups is 1. The first kappa shape index (κ1) is 14.9. The Kier molecular flexibility index (Phi) is 4.73. The van der Waals surface area contributed by atoms with Crippen molar-refractivity contribution in [2.24, 2.45) is 5.73 Å². The number of thiocarbonyl (C=S) groups is 1. The third-order valence-electron chi connectivity index (χ3n) is 3.83. The molecule has 1 fully saturated rings. The van der Waals surface area contributed by atoms with Crippen molar-refractivity contribution in [3.8, 4) is 0 Å². The first-order valence-corrected chi connectivity index (χ1v) is 7.29. The molecule has 1 saturated heterocycles. The summed E-state index contributed by atoms with van der Waals surface area (Å²) in [4.78, 5) is 17.1. The molecule has 1 heterocycles. The molecule has 1 unspecified atom stereocenters. The number of amides is 1. The van der Waals surface area contributed by atoms with Crippen LogP contribution in [-0.4, -0.2) is 52.9 Å². The van der Waals surface area contributed by atoms with E-state index in [1.54, 1.807) is 0 Å². The predicted molar refractivity (Wildman–Crippen MR) is 84.9 cm³/mol. The number of nitrogens with two attached hydrogens (primary N) is 1. The number of benzene rings is 1. The highest BCUT2D eigenvalue weighted by molar-refractivity contribution is 7.80. The third-order valence-corrected chi connectivity index (χ3v) is 4.17. The Hall–Kier alpha value is -1.46. The molecule has 4 nitrogen and oxygen atoms in total. The lowest BCUT2D eigenvalue weighted by Crippen LogP contribution is -2.53. The van der Waals surface area contributed by atoms with Crippen molar-refractivity contribution in [1.29, 1.82) is 0 Å². The summed E-state index contributed by atoms with van der Waals surface area (Å²) in [5, 5.41) is 0. The van der Waals surface area contributed by atoms with E-state index in [9.17, 15) is 4.79 Å². The fourth-order valence-corrected chi connectivity index (χ4v) is 2.60. The minimum absolute atomic E-state index is 0.0984. The number of aryl methyl sites for hydroxylation is 1. The van der Waals surface area contributed by atoms with E-state index in [0.717, 1.165) is 37.3 Å². The van der Waals surface area contributed by atoms with Gasteiger partial charge in [-0.15, -0.1) is 0 Å². The first-order chi connectivity index (χ1) is 9.49. The van der Waals surface area contributed by atoms with E-state index < -0.39 is 0 Å². The minimum Gasteiger partial charge on any atom is -0.392 e. The van der Waals surface area contributed by atoms with E-state index in [1.807, 2.05) is 43.0 Å². The molecule has 0 bridgehead atoms. The van der Waals surface area contributed by atoms with Crippen molar-refractivity contribution in [3.63, 3.8) is 0 Å². The van der Waals surface area contributed by atoms with Gasteiger partial charge in [-0.2, -0.15) is 0 Å². The number of nitrogens with zero attached hydrogens (tertiary/aromatic N) is 2. The fourth-order valence-electron chi connectivity index (χ4n) is 2.45. The van der Waals surface area contributed by atoms with Gasteiger partial charge in [-0.25, -0.2) is 0 Å². The van der Waals surface area contributed by atoms with Crippen molar-refractivity contribution >= 4 is 23.1 Å². The summed E-state index contributed by atoms with van der Waals surface area (Å²) >= 11 is 5.03. The zero-order chi connectivity index (χ0) is 14.7. The van der Waals surface area contributed by atoms with Crippen LogP contribution in [-0.2, 0) is 0 Å². The SMILES string of the molecule is Cc1cccc(C(=O)N2CCN(C(C)C(N)=S)CC2)c1. The Labute approximate surface area is 125 Å². The van der Waals surface area contributed by atoms with Crippen molar-refractivity contribution < 1.29 is 4.79 Å². The zero-order valence-corrected chi connectivity index (χ0v) is 12.8. The molecule has 5 heteroatoms. The normalized spacial score (nSPS) is 17.8. The molecule has 1 aliphatic heterocycles. The van der Waals surface area contributed by atoms with Crippen LogP contribution in [0.25, 0.3) is 0 Å². The molecule has 0 radical (unpaired) electrons. The lowest BCUT2D eigenvalue weighted by Gasteiger charge is -2.37. The number of hydrogen-bond acceptors (Lipinski definition) is 3. The zero-order valence-electron chi connectivity index (χ0n) is 12.0. The summed E-state index contributed by atoms with van der Waals surface area (Å²) < 4.78 is 0. The van der Waals surface area contributed by atoms with Crippen LogP contribution in [0.15, 0.2) is 24.3 Å². The molecule has 1 aliphatic rings. The van der Waals surface area contributed by atoms with Gasteiger partial charge in [0, 0.05) is 31.7 Å². The van der Waals surface area contributed by atoms with Gasteiger partial charge in [0.2, 0.25) is 0 Å². The molecule has 108 valence electrons. The second-order valence-corrected chi connectivity index (χ2v) is 5.75. The highest BCUT2D eigenvalue weighted by atomic mass is 32.1. The van der Waals surface area contributed by atoms with Gasteiger partial charge in [-0.05, 0) is 26.0 Å². The number of carbonyl (C=O) groups excluding carboxylic acids is 1. The van der Waals surface area contributed by atoms with Gasteiger partial charge in [-0.3, -0.25) is 9.69 Å². The average molecular weight is 291 g/mol. The Bertz CT molecular complexity index is 510. The second kappa shape index (κ2) is 6.33. The van der Waals surface area contributed by atoms with Gasteiger partial charge in [0.25, 0.3) is 5.91 Å². The predicted octanol–water partition coefficient (Wildman–Crippen LogP) is 1.43. The van der Waals surface area contributed by atoms with Gasteiger partial charge < -0.3 is 10.6 Å². The summed E-state index contributed by atoms with van der Waals surface area (Å²) in [6.07, 6.45) is 0. The monoisotopic (exact) mass is 291 g/mol. The summed E-state index contributed by atoms with van der Waals surface area (Å²) in [6, 6.07) is 7.83. The van der Waals surface area contributed by atoms with Gasteiger partial charge >= 0.3 is 0 Å². The molecule has 2 N–H and O–H groups in total. The van der Waals surface area contributed by atoms with Crippen LogP contribution in [0.5, 0.6) is 0 Å². The molecule has 1 aromatic rings. The van der Waals surface area contributed by atoms with Crippen LogP contribution in [0.4, 0.5) is 0 Å². The van der Waals surface area contributed by atoms with Gasteiger partial charge in [0.15, 0.2) is 0 Å². The molecule has 1 aromatic carbocycles. The maximum atomic E-state index is 12.4. The Balaban J connectivity index is 1.97. The van der Waals surface area contributed by atoms with E-state index in [0.29, 0.717) is 4.99 Å². The lowest BCUT2D eigenvalue weighted by atomic mass is 10.1. The number of hydrogen-bond donors (Lipinski definition) is 1. The van der Waals surface area contributed by atoms with E-state index in [4.69, 9.17) is 18.0 Å². The van der Waals surface area contributed by atoms with Crippen LogP contribution in [0, 0.1) is 6.92 Å². The Morgan fingerprint density at radius 2 is 1.95 bits per heavy atom. The van der Waals surface area contributed by atoms with E-state index in [1.165, 1.54) is 0 Å². The average Bonchev–Trinajstić information content (AvgIpc) is 2.46. The third kappa shape index (κ3) is 3.35. The van der Waals surface area contributed by atoms with Crippen LogP contribution in [0.2, 0.25) is 0 Å². The standard InChI is InChI=1S/C15H21N3OS/c1-11-4-3-5-13(10-11)15(19)18-8-6-17(7-9-18)12(2)14(16)20/h3-5,10,12H,6-9H2,1-2H3,(H2,16,20). The quantitative estimate of drug-likeness (QED) is 0.856. The molecule has 0 aromatic heterocycles. The largest absolute Gasteiger partial charge is 0.392 e. The molecular weight excluding hydrogens is 270 g/mol. The molecule has 1 amide bonds. The molecular formula is C15H21N3OS. The highest BCUT2D eigenvalue weighted by Crippen LogP contribution is 2.12. The molecule has 0 spiro atoms. The van der Waals surface area contributed by atoms with Gasteiger partial charge in [0.05, 0.1) is 11.0 Å². The Morgan fingerprint density at radius 3 is 2.50 bits per heavy atom. The maximum absolute atomic E-state index is 12.4. The summed E-state index contributed by atoms with van der Waals surface area (Å²) in [7, 11) is 0. The second-order valence-electron chi connectivity index (χ2n) is 5.28. The van der Waals surface area contributed by atoms with E-state index in [-0.39, 0.29) is 11.9 Å². The topological polar surface area (TPSA) is 49.6 Å². The van der Waals surface area contributed by atoms with Crippen LogP contribution < -0.4 is 5.73 Å². The number of rotatable bonds is 3. The summed E-state index contributed by atoms with van der Waals surface area (Å²) in [5.41, 5.74) is 7.55. The van der Waals surface area contributed by atoms with E-state index >= 15 is 0 Å². The van der Waals surface area contributed by atoms with Crippen LogP contribution in [0.3, 0.4) is 0 Å². The van der Waals surface area contributed by atoms with Crippen molar-refractivity contribution in [3.05, 3.63) is 35.4 Å². The van der Waals surface area contributed by atoms with Crippen molar-refractivity contribution in [2.75, 3.05) is 26.2 Å². The number of piperazine rings is 1. The molecule has 2 rings (SSSR count). The van der Waals surface area contributed by atoms with Crippen molar-refractivity contribution in [2.45, 2.75) is 19.9 Å². The van der Waals surface area contributed by atoms with Gasteiger partial charge in [-0.1, -0.05) is 29.9 Å². The van der Waals surface area contributed by atoms with Crippen LogP contribution >= 0.6 is 12.2 Å². The van der Waals surface area contributed by atoms with Gasteiger partial charge in [0.1, 0.15) is 0 Å². The first-order valence-electron chi connectivity index (χ1n) is 6.88. The highest BCUT2D eigenvalue weighted by Gasteiger charge is 2.25. The lowest BCUT2D eigenvalue weighted by molar-refractivity contribution is 0.0621. The molecule has 20 heavy (non-hydrogen) atoms. The van der Waals surface area contributed by atoms with Crippen molar-refractivity contribution in [1.82, 2.24) is 9.80 Å². The van der Waals surface area contributed by atoms with E-state index in [2.05, 4.69) is 4.90 Å².